The van der Waals surface area contributed by atoms with Gasteiger partial charge in [-0.25, -0.2) is 0 Å². The third-order valence-electron chi connectivity index (χ3n) is 4.13. The van der Waals surface area contributed by atoms with Crippen LogP contribution >= 0.6 is 0 Å². The molecule has 2 rings (SSSR count). The molecule has 2 atom stereocenters. The molecule has 0 spiro atoms. The highest BCUT2D eigenvalue weighted by Gasteiger charge is 2.44. The first-order valence-electron chi connectivity index (χ1n) is 7.48. The fraction of sp³-hybridized carbons (Fsp3) is 0.857. The fourth-order valence-electron chi connectivity index (χ4n) is 2.73. The zero-order valence-electron chi connectivity index (χ0n) is 12.1. The van der Waals surface area contributed by atoms with Gasteiger partial charge in [0.2, 0.25) is 5.89 Å². The lowest BCUT2D eigenvalue weighted by Crippen LogP contribution is -2.33. The first kappa shape index (κ1) is 16.3. The lowest BCUT2D eigenvalue weighted by atomic mass is 9.91. The molecule has 1 fully saturated rings. The Balaban J connectivity index is 2.06. The van der Waals surface area contributed by atoms with Crippen molar-refractivity contribution >= 4 is 0 Å². The van der Waals surface area contributed by atoms with Crippen LogP contribution in [-0.2, 0) is 0 Å². The van der Waals surface area contributed by atoms with Gasteiger partial charge in [0.15, 0.2) is 11.9 Å². The van der Waals surface area contributed by atoms with Crippen molar-refractivity contribution in [2.24, 2.45) is 0 Å². The van der Waals surface area contributed by atoms with Gasteiger partial charge in [0, 0.05) is 5.92 Å². The average Bonchev–Trinajstić information content (AvgIpc) is 2.85. The van der Waals surface area contributed by atoms with Crippen molar-refractivity contribution in [3.8, 4) is 0 Å². The molecule has 0 bridgehead atoms. The summed E-state index contributed by atoms with van der Waals surface area (Å²) in [6.07, 6.45) is 0.444. The molecule has 1 saturated carbocycles. The maximum atomic E-state index is 12.5. The zero-order valence-corrected chi connectivity index (χ0v) is 12.1. The summed E-state index contributed by atoms with van der Waals surface area (Å²) in [7, 11) is 0. The van der Waals surface area contributed by atoms with E-state index in [0.29, 0.717) is 5.82 Å². The van der Waals surface area contributed by atoms with Gasteiger partial charge < -0.3 is 9.63 Å². The molecule has 4 nitrogen and oxygen atoms in total. The van der Waals surface area contributed by atoms with E-state index < -0.39 is 18.2 Å². The average molecular weight is 306 g/mol. The van der Waals surface area contributed by atoms with E-state index in [2.05, 4.69) is 10.1 Å². The van der Waals surface area contributed by atoms with E-state index in [1.165, 1.54) is 26.2 Å². The molecule has 0 aliphatic heterocycles. The molecule has 1 aliphatic carbocycles. The number of rotatable bonds is 3. The van der Waals surface area contributed by atoms with E-state index in [0.717, 1.165) is 25.7 Å². The van der Waals surface area contributed by atoms with Crippen molar-refractivity contribution in [1.82, 2.24) is 10.1 Å². The second-order valence-corrected chi connectivity index (χ2v) is 5.81. The third kappa shape index (κ3) is 4.18. The molecule has 1 heterocycles. The Morgan fingerprint density at radius 3 is 2.29 bits per heavy atom. The largest absolute Gasteiger partial charge is 0.415 e. The van der Waals surface area contributed by atoms with Crippen molar-refractivity contribution in [2.45, 2.75) is 76.0 Å². The van der Waals surface area contributed by atoms with Crippen LogP contribution in [0.15, 0.2) is 4.52 Å². The van der Waals surface area contributed by atoms with Crippen LogP contribution in [0.4, 0.5) is 13.2 Å². The molecule has 1 aromatic heterocycles. The number of hydrogen-bond acceptors (Lipinski definition) is 4. The number of alkyl halides is 3. The molecular weight excluding hydrogens is 285 g/mol. The number of aromatic nitrogens is 2. The normalized spacial score (nSPS) is 21.6. The topological polar surface area (TPSA) is 59.2 Å². The van der Waals surface area contributed by atoms with Gasteiger partial charge >= 0.3 is 6.18 Å². The Bertz CT molecular complexity index is 440. The van der Waals surface area contributed by atoms with Gasteiger partial charge in [-0.2, -0.15) is 18.2 Å². The predicted octanol–water partition coefficient (Wildman–Crippen LogP) is 3.92. The van der Waals surface area contributed by atoms with Gasteiger partial charge in [0.05, 0.1) is 5.92 Å². The van der Waals surface area contributed by atoms with Crippen LogP contribution in [0.3, 0.4) is 0 Å². The first-order chi connectivity index (χ1) is 9.89. The van der Waals surface area contributed by atoms with E-state index in [1.807, 2.05) is 0 Å². The summed E-state index contributed by atoms with van der Waals surface area (Å²) in [6.45, 7) is 1.24. The minimum absolute atomic E-state index is 0.142. The molecule has 120 valence electrons. The fourth-order valence-corrected chi connectivity index (χ4v) is 2.73. The van der Waals surface area contributed by atoms with E-state index in [-0.39, 0.29) is 11.8 Å². The molecule has 7 heteroatoms. The highest BCUT2D eigenvalue weighted by molar-refractivity contribution is 5.01. The first-order valence-corrected chi connectivity index (χ1v) is 7.48. The van der Waals surface area contributed by atoms with Crippen LogP contribution in [0, 0.1) is 0 Å². The molecule has 2 unspecified atom stereocenters. The highest BCUT2D eigenvalue weighted by atomic mass is 19.4. The Kier molecular flexibility index (Phi) is 5.24. The summed E-state index contributed by atoms with van der Waals surface area (Å²) in [4.78, 5) is 4.10. The summed E-state index contributed by atoms with van der Waals surface area (Å²) >= 11 is 0. The Hall–Kier alpha value is -1.11. The van der Waals surface area contributed by atoms with Gasteiger partial charge in [-0.15, -0.1) is 0 Å². The quantitative estimate of drug-likeness (QED) is 0.919. The van der Waals surface area contributed by atoms with E-state index in [9.17, 15) is 18.3 Å². The maximum absolute atomic E-state index is 12.5. The van der Waals surface area contributed by atoms with Crippen molar-refractivity contribution in [2.75, 3.05) is 0 Å². The Labute approximate surface area is 121 Å². The summed E-state index contributed by atoms with van der Waals surface area (Å²) < 4.78 is 42.5. The molecule has 0 radical (unpaired) electrons. The van der Waals surface area contributed by atoms with Gasteiger partial charge in [0.1, 0.15) is 0 Å². The van der Waals surface area contributed by atoms with Crippen LogP contribution in [0.2, 0.25) is 0 Å². The van der Waals surface area contributed by atoms with Gasteiger partial charge in [-0.1, -0.05) is 44.2 Å². The van der Waals surface area contributed by atoms with Crippen LogP contribution < -0.4 is 0 Å². The minimum atomic E-state index is -4.69. The van der Waals surface area contributed by atoms with Gasteiger partial charge in [-0.3, -0.25) is 0 Å². The minimum Gasteiger partial charge on any atom is -0.383 e. The molecule has 1 aromatic rings. The lowest BCUT2D eigenvalue weighted by molar-refractivity contribution is -0.210. The summed E-state index contributed by atoms with van der Waals surface area (Å²) in [6, 6.07) is 0. The number of hydrogen-bond donors (Lipinski definition) is 1. The van der Waals surface area contributed by atoms with Crippen molar-refractivity contribution < 1.29 is 22.8 Å². The van der Waals surface area contributed by atoms with E-state index in [1.54, 1.807) is 0 Å². The highest BCUT2D eigenvalue weighted by Crippen LogP contribution is 2.33. The Morgan fingerprint density at radius 1 is 1.14 bits per heavy atom. The van der Waals surface area contributed by atoms with Crippen LogP contribution in [0.5, 0.6) is 0 Å². The number of nitrogens with zero attached hydrogens (tertiary/aromatic N) is 2. The number of aliphatic hydroxyl groups is 1. The SMILES string of the molecule is CC(c1nc(C2CCCCCCC2)no1)C(O)C(F)(F)F. The second-order valence-electron chi connectivity index (χ2n) is 5.81. The monoisotopic (exact) mass is 306 g/mol. The van der Waals surface area contributed by atoms with Crippen molar-refractivity contribution in [3.05, 3.63) is 11.7 Å². The maximum Gasteiger partial charge on any atom is 0.415 e. The molecule has 0 saturated heterocycles. The molecule has 1 N–H and O–H groups in total. The summed E-state index contributed by atoms with van der Waals surface area (Å²) in [5.41, 5.74) is 0. The molecule has 1 aliphatic rings. The standard InChI is InChI=1S/C14H21F3N2O2/c1-9(11(20)14(15,16)17)13-18-12(19-21-13)10-7-5-3-2-4-6-8-10/h9-11,20H,2-8H2,1H3. The molecule has 0 aromatic carbocycles. The van der Waals surface area contributed by atoms with Gasteiger partial charge in [-0.05, 0) is 12.8 Å². The smallest absolute Gasteiger partial charge is 0.383 e. The summed E-state index contributed by atoms with van der Waals surface area (Å²) in [5.74, 6) is -0.761. The van der Waals surface area contributed by atoms with Crippen LogP contribution in [0.1, 0.15) is 75.4 Å². The molecular formula is C14H21F3N2O2. The number of halogens is 3. The van der Waals surface area contributed by atoms with Crippen molar-refractivity contribution in [3.63, 3.8) is 0 Å². The van der Waals surface area contributed by atoms with E-state index in [4.69, 9.17) is 4.52 Å². The van der Waals surface area contributed by atoms with Crippen molar-refractivity contribution in [1.29, 1.82) is 0 Å². The number of aliphatic hydroxyl groups excluding tert-OH is 1. The predicted molar refractivity (Wildman–Crippen MR) is 69.8 cm³/mol. The third-order valence-corrected chi connectivity index (χ3v) is 4.13. The second kappa shape index (κ2) is 6.77. The van der Waals surface area contributed by atoms with Crippen LogP contribution in [-0.4, -0.2) is 27.5 Å². The lowest BCUT2D eigenvalue weighted by Gasteiger charge is -2.18. The van der Waals surface area contributed by atoms with E-state index >= 15 is 0 Å². The van der Waals surface area contributed by atoms with Gasteiger partial charge in [0.25, 0.3) is 0 Å². The molecule has 21 heavy (non-hydrogen) atoms. The summed E-state index contributed by atoms with van der Waals surface area (Å²) in [5, 5.41) is 13.1. The Morgan fingerprint density at radius 2 is 1.71 bits per heavy atom. The molecule has 0 amide bonds. The van der Waals surface area contributed by atoms with Crippen LogP contribution in [0.25, 0.3) is 0 Å². The zero-order chi connectivity index (χ0) is 15.5.